The number of anilines is 2. The predicted octanol–water partition coefficient (Wildman–Crippen LogP) is 5.08. The van der Waals surface area contributed by atoms with Crippen LogP contribution in [-0.4, -0.2) is 43.3 Å². The lowest BCUT2D eigenvalue weighted by Crippen LogP contribution is -2.36. The molecule has 1 aliphatic rings. The van der Waals surface area contributed by atoms with Crippen molar-refractivity contribution in [3.63, 3.8) is 0 Å². The van der Waals surface area contributed by atoms with Crippen LogP contribution in [0.5, 0.6) is 0 Å². The zero-order chi connectivity index (χ0) is 25.5. The molecule has 2 aromatic heterocycles. The van der Waals surface area contributed by atoms with Crippen molar-refractivity contribution in [1.29, 1.82) is 0 Å². The first-order chi connectivity index (χ1) is 18.0. The molecule has 186 valence electrons. The number of hydrogen-bond acceptors (Lipinski definition) is 7. The molecule has 0 spiro atoms. The van der Waals surface area contributed by atoms with E-state index in [0.29, 0.717) is 48.8 Å². The van der Waals surface area contributed by atoms with E-state index in [9.17, 15) is 14.4 Å². The van der Waals surface area contributed by atoms with Gasteiger partial charge in [0.05, 0.1) is 18.6 Å². The second-order valence-electron chi connectivity index (χ2n) is 8.84. The van der Waals surface area contributed by atoms with Gasteiger partial charge in [-0.25, -0.2) is 0 Å². The Labute approximate surface area is 214 Å². The first-order valence-electron chi connectivity index (χ1n) is 11.8. The number of rotatable bonds is 5. The summed E-state index contributed by atoms with van der Waals surface area (Å²) in [5, 5.41) is 14.0. The third-order valence-corrected chi connectivity index (χ3v) is 7.67. The number of benzene rings is 3. The lowest BCUT2D eigenvalue weighted by Gasteiger charge is -2.27. The Hall–Kier alpha value is -4.21. The van der Waals surface area contributed by atoms with Crippen molar-refractivity contribution in [2.45, 2.75) is 6.42 Å². The van der Waals surface area contributed by atoms with Crippen LogP contribution in [0.4, 0.5) is 11.6 Å². The lowest BCUT2D eigenvalue weighted by molar-refractivity contribution is -0.139. The smallest absolute Gasteiger partial charge is 0.312 e. The molecule has 0 bridgehead atoms. The van der Waals surface area contributed by atoms with Crippen molar-refractivity contribution in [3.05, 3.63) is 70.9 Å². The van der Waals surface area contributed by atoms with Crippen molar-refractivity contribution in [2.24, 2.45) is 0 Å². The summed E-state index contributed by atoms with van der Waals surface area (Å²) in [7, 11) is 0. The number of nitrogens with one attached hydrogen (secondary N) is 1. The first-order valence-corrected chi connectivity index (χ1v) is 12.7. The fourth-order valence-electron chi connectivity index (χ4n) is 4.75. The number of carboxylic acids is 1. The van der Waals surface area contributed by atoms with Crippen LogP contribution in [0.3, 0.4) is 0 Å². The maximum atomic E-state index is 13.0. The highest BCUT2D eigenvalue weighted by Crippen LogP contribution is 2.42. The van der Waals surface area contributed by atoms with E-state index < -0.39 is 18.3 Å². The number of amides is 1. The van der Waals surface area contributed by atoms with Gasteiger partial charge in [-0.15, -0.1) is 11.3 Å². The highest BCUT2D eigenvalue weighted by Gasteiger charge is 2.19. The van der Waals surface area contributed by atoms with Gasteiger partial charge in [0.15, 0.2) is 11.3 Å². The average molecular weight is 515 g/mol. The summed E-state index contributed by atoms with van der Waals surface area (Å²) in [6.07, 6.45) is -0.592. The van der Waals surface area contributed by atoms with Gasteiger partial charge in [-0.05, 0) is 24.3 Å². The van der Waals surface area contributed by atoms with Gasteiger partial charge in [0.25, 0.3) is 0 Å². The number of ether oxygens (including phenoxy) is 1. The van der Waals surface area contributed by atoms with Crippen LogP contribution in [-0.2, 0) is 14.3 Å². The Morgan fingerprint density at radius 3 is 2.49 bits per heavy atom. The van der Waals surface area contributed by atoms with Gasteiger partial charge < -0.3 is 24.5 Å². The third-order valence-electron chi connectivity index (χ3n) is 6.45. The second-order valence-corrected chi connectivity index (χ2v) is 9.90. The zero-order valence-electron chi connectivity index (χ0n) is 19.7. The Morgan fingerprint density at radius 1 is 0.946 bits per heavy atom. The number of morpholine rings is 1. The minimum atomic E-state index is -1.18. The van der Waals surface area contributed by atoms with Gasteiger partial charge in [0.2, 0.25) is 5.91 Å². The van der Waals surface area contributed by atoms with Crippen molar-refractivity contribution >= 4 is 65.9 Å². The summed E-state index contributed by atoms with van der Waals surface area (Å²) in [4.78, 5) is 37.9. The van der Waals surface area contributed by atoms with Crippen molar-refractivity contribution in [1.82, 2.24) is 0 Å². The summed E-state index contributed by atoms with van der Waals surface area (Å²) in [5.74, 6) is -1.21. The average Bonchev–Trinajstić information content (AvgIpc) is 3.26. The fraction of sp³-hybridized carbons (Fsp3) is 0.179. The second kappa shape index (κ2) is 9.34. The molecule has 0 atom stereocenters. The van der Waals surface area contributed by atoms with Crippen molar-refractivity contribution < 1.29 is 23.8 Å². The number of aliphatic carboxylic acids is 1. The minimum absolute atomic E-state index is 0.0881. The van der Waals surface area contributed by atoms with Gasteiger partial charge in [0.1, 0.15) is 12.0 Å². The van der Waals surface area contributed by atoms with Crippen LogP contribution in [0.2, 0.25) is 0 Å². The summed E-state index contributed by atoms with van der Waals surface area (Å²) in [6, 6.07) is 18.7. The summed E-state index contributed by atoms with van der Waals surface area (Å²) >= 11 is 1.61. The molecule has 0 aliphatic carbocycles. The maximum Gasteiger partial charge on any atom is 0.312 e. The van der Waals surface area contributed by atoms with E-state index in [2.05, 4.69) is 5.32 Å². The standard InChI is InChI=1S/C28H22N2O6S/c31-22-14-25(30-9-11-35-12-10-30)36-27-17(3-1-6-20(22)27)18-4-2-5-19-21-13-16(29-24(32)15-26(33)34)7-8-23(21)37-28(18)19/h1-8,13-14H,9-12,15H2,(H,29,32)(H,33,34). The van der Waals surface area contributed by atoms with Crippen LogP contribution < -0.4 is 15.6 Å². The van der Waals surface area contributed by atoms with Crippen molar-refractivity contribution in [2.75, 3.05) is 36.5 Å². The van der Waals surface area contributed by atoms with Crippen LogP contribution in [0.15, 0.2) is 69.9 Å². The fourth-order valence-corrected chi connectivity index (χ4v) is 5.96. The largest absolute Gasteiger partial charge is 0.481 e. The Kier molecular flexibility index (Phi) is 5.86. The molecule has 0 saturated carbocycles. The van der Waals surface area contributed by atoms with Gasteiger partial charge >= 0.3 is 5.97 Å². The Balaban J connectivity index is 1.49. The van der Waals surface area contributed by atoms with Gasteiger partial charge in [-0.3, -0.25) is 14.4 Å². The van der Waals surface area contributed by atoms with Crippen LogP contribution in [0.25, 0.3) is 42.3 Å². The van der Waals surface area contributed by atoms with Crippen LogP contribution >= 0.6 is 11.3 Å². The number of nitrogens with zero attached hydrogens (tertiary/aromatic N) is 1. The molecule has 5 aromatic rings. The molecule has 6 rings (SSSR count). The number of carboxylic acid groups (broad SMARTS) is 1. The molecular weight excluding hydrogens is 492 g/mol. The topological polar surface area (TPSA) is 109 Å². The minimum Gasteiger partial charge on any atom is -0.481 e. The first kappa shape index (κ1) is 23.2. The van der Waals surface area contributed by atoms with E-state index in [1.165, 1.54) is 0 Å². The van der Waals surface area contributed by atoms with Gasteiger partial charge in [-0.2, -0.15) is 0 Å². The molecular formula is C28H22N2O6S. The normalized spacial score (nSPS) is 13.9. The zero-order valence-corrected chi connectivity index (χ0v) is 20.5. The van der Waals surface area contributed by atoms with Gasteiger partial charge in [-0.1, -0.05) is 30.3 Å². The highest BCUT2D eigenvalue weighted by molar-refractivity contribution is 7.26. The SMILES string of the molecule is O=C(O)CC(=O)Nc1ccc2sc3c(-c4cccc5c(=O)cc(N6CCOCC6)oc45)cccc3c2c1. The molecule has 2 N–H and O–H groups in total. The van der Waals surface area contributed by atoms with Crippen LogP contribution in [0.1, 0.15) is 6.42 Å². The van der Waals surface area contributed by atoms with E-state index in [1.807, 2.05) is 47.4 Å². The van der Waals surface area contributed by atoms with E-state index >= 15 is 0 Å². The molecule has 9 heteroatoms. The molecule has 1 aliphatic heterocycles. The summed E-state index contributed by atoms with van der Waals surface area (Å²) in [5.41, 5.74) is 2.77. The molecule has 3 heterocycles. The molecule has 1 amide bonds. The lowest BCUT2D eigenvalue weighted by atomic mass is 10.0. The number of carbonyl (C=O) groups is 2. The van der Waals surface area contributed by atoms with Crippen molar-refractivity contribution in [3.8, 4) is 11.1 Å². The highest BCUT2D eigenvalue weighted by atomic mass is 32.1. The third kappa shape index (κ3) is 4.32. The quantitative estimate of drug-likeness (QED) is 0.315. The maximum absolute atomic E-state index is 13.0. The van der Waals surface area contributed by atoms with E-state index in [-0.39, 0.29) is 5.43 Å². The molecule has 37 heavy (non-hydrogen) atoms. The molecule has 1 saturated heterocycles. The monoisotopic (exact) mass is 514 g/mol. The van der Waals surface area contributed by atoms with Crippen LogP contribution in [0, 0.1) is 0 Å². The molecule has 3 aromatic carbocycles. The number of para-hydroxylation sites is 1. The van der Waals surface area contributed by atoms with Gasteiger partial charge in [0, 0.05) is 56.1 Å². The summed E-state index contributed by atoms with van der Waals surface area (Å²) < 4.78 is 13.9. The summed E-state index contributed by atoms with van der Waals surface area (Å²) in [6.45, 7) is 2.49. The molecule has 0 radical (unpaired) electrons. The molecule has 0 unspecified atom stereocenters. The number of fused-ring (bicyclic) bond motifs is 4. The number of carbonyl (C=O) groups excluding carboxylic acids is 1. The van der Waals surface area contributed by atoms with E-state index in [1.54, 1.807) is 29.5 Å². The molecule has 1 fully saturated rings. The predicted molar refractivity (Wildman–Crippen MR) is 145 cm³/mol. The Morgan fingerprint density at radius 2 is 1.70 bits per heavy atom. The number of hydrogen-bond donors (Lipinski definition) is 2. The Bertz CT molecular complexity index is 1750. The molecule has 8 nitrogen and oxygen atoms in total. The van der Waals surface area contributed by atoms with E-state index in [4.69, 9.17) is 14.3 Å². The van der Waals surface area contributed by atoms with E-state index in [0.717, 1.165) is 31.3 Å². The number of thiophene rings is 1.